The van der Waals surface area contributed by atoms with Crippen LogP contribution in [0.3, 0.4) is 0 Å². The van der Waals surface area contributed by atoms with Crippen molar-refractivity contribution in [1.82, 2.24) is 4.68 Å². The number of nitrogens with zero attached hydrogens (tertiary/aromatic N) is 2. The molecule has 0 amide bonds. The number of hydrogen-bond acceptors (Lipinski definition) is 5. The Labute approximate surface area is 188 Å². The number of hydrogen-bond donors (Lipinski definition) is 1. The molecule has 1 spiro atoms. The molecular weight excluding hydrogens is 427 g/mol. The summed E-state index contributed by atoms with van der Waals surface area (Å²) in [7, 11) is 0. The topological polar surface area (TPSA) is 62.5 Å². The first-order valence-corrected chi connectivity index (χ1v) is 11.7. The van der Waals surface area contributed by atoms with E-state index in [0.717, 1.165) is 22.4 Å². The molecule has 1 unspecified atom stereocenters. The summed E-state index contributed by atoms with van der Waals surface area (Å²) in [5, 5.41) is 12.7. The third kappa shape index (κ3) is 2.64. The van der Waals surface area contributed by atoms with E-state index in [4.69, 9.17) is 0 Å². The fourth-order valence-corrected chi connectivity index (χ4v) is 6.44. The number of fused-ring (bicyclic) bond motifs is 3. The summed E-state index contributed by atoms with van der Waals surface area (Å²) in [6.07, 6.45) is 3.91. The van der Waals surface area contributed by atoms with E-state index in [-0.39, 0.29) is 23.3 Å². The minimum atomic E-state index is -0.632. The Balaban J connectivity index is 1.64. The van der Waals surface area contributed by atoms with Gasteiger partial charge in [0.15, 0.2) is 17.2 Å². The SMILES string of the molecule is O=C1c2c(O)c(=O)ccn2N(C2c3ccccc3SCc3c(F)cccc32)CC12CCC2. The number of aromatic nitrogens is 1. The van der Waals surface area contributed by atoms with E-state index >= 15 is 0 Å². The van der Waals surface area contributed by atoms with Crippen LogP contribution in [0.15, 0.2) is 64.4 Å². The highest BCUT2D eigenvalue weighted by Crippen LogP contribution is 2.50. The maximum absolute atomic E-state index is 14.9. The number of carbonyl (C=O) groups excluding carboxylic acids is 1. The van der Waals surface area contributed by atoms with E-state index < -0.39 is 16.6 Å². The van der Waals surface area contributed by atoms with E-state index in [1.807, 2.05) is 35.3 Å². The molecule has 1 saturated carbocycles. The molecule has 5 nitrogen and oxygen atoms in total. The van der Waals surface area contributed by atoms with Crippen molar-refractivity contribution in [2.45, 2.75) is 36.0 Å². The van der Waals surface area contributed by atoms with Crippen LogP contribution < -0.4 is 10.4 Å². The number of ketones is 1. The Bertz CT molecular complexity index is 1330. The summed E-state index contributed by atoms with van der Waals surface area (Å²) in [5.74, 6) is -0.423. The summed E-state index contributed by atoms with van der Waals surface area (Å²) in [5.41, 5.74) is 1.35. The predicted molar refractivity (Wildman–Crippen MR) is 120 cm³/mol. The lowest BCUT2D eigenvalue weighted by atomic mass is 9.64. The molecule has 1 atom stereocenters. The quantitative estimate of drug-likeness (QED) is 0.598. The number of pyridine rings is 1. The van der Waals surface area contributed by atoms with Gasteiger partial charge in [-0.25, -0.2) is 4.39 Å². The van der Waals surface area contributed by atoms with Gasteiger partial charge in [0.1, 0.15) is 5.82 Å². The summed E-state index contributed by atoms with van der Waals surface area (Å²) >= 11 is 1.60. The van der Waals surface area contributed by atoms with E-state index in [2.05, 4.69) is 0 Å². The summed E-state index contributed by atoms with van der Waals surface area (Å²) in [6, 6.07) is 14.1. The molecule has 3 heterocycles. The molecule has 3 aliphatic rings. The van der Waals surface area contributed by atoms with Gasteiger partial charge in [0.25, 0.3) is 0 Å². The number of rotatable bonds is 1. The number of halogens is 1. The van der Waals surface area contributed by atoms with Crippen LogP contribution in [0.1, 0.15) is 52.5 Å². The minimum absolute atomic E-state index is 0.0378. The zero-order chi connectivity index (χ0) is 22.0. The lowest BCUT2D eigenvalue weighted by Gasteiger charge is -2.51. The molecule has 1 aromatic heterocycles. The van der Waals surface area contributed by atoms with Gasteiger partial charge in [-0.2, -0.15) is 0 Å². The second-order valence-corrected chi connectivity index (χ2v) is 9.84. The average Bonchev–Trinajstić information content (AvgIpc) is 2.93. The first-order chi connectivity index (χ1) is 15.5. The second kappa shape index (κ2) is 6.97. The Morgan fingerprint density at radius 1 is 1.03 bits per heavy atom. The first-order valence-electron chi connectivity index (χ1n) is 10.8. The van der Waals surface area contributed by atoms with Crippen LogP contribution >= 0.6 is 11.8 Å². The van der Waals surface area contributed by atoms with Gasteiger partial charge in [-0.1, -0.05) is 36.8 Å². The average molecular weight is 449 g/mol. The van der Waals surface area contributed by atoms with Gasteiger partial charge in [0.05, 0.1) is 11.5 Å². The van der Waals surface area contributed by atoms with Crippen molar-refractivity contribution < 1.29 is 14.3 Å². The van der Waals surface area contributed by atoms with Gasteiger partial charge in [-0.15, -0.1) is 11.8 Å². The molecule has 0 radical (unpaired) electrons. The Morgan fingerprint density at radius 2 is 1.81 bits per heavy atom. The zero-order valence-electron chi connectivity index (χ0n) is 17.3. The van der Waals surface area contributed by atoms with Crippen LogP contribution in [0, 0.1) is 11.2 Å². The normalized spacial score (nSPS) is 20.7. The molecule has 3 aromatic rings. The molecule has 0 bridgehead atoms. The summed E-state index contributed by atoms with van der Waals surface area (Å²) in [6.45, 7) is 0.445. The zero-order valence-corrected chi connectivity index (χ0v) is 18.1. The highest BCUT2D eigenvalue weighted by atomic mass is 32.2. The van der Waals surface area contributed by atoms with E-state index in [1.165, 1.54) is 12.1 Å². The molecule has 1 aliphatic carbocycles. The molecular formula is C25H21FN2O3S. The van der Waals surface area contributed by atoms with Crippen molar-refractivity contribution in [2.75, 3.05) is 11.6 Å². The second-order valence-electron chi connectivity index (χ2n) is 8.82. The van der Waals surface area contributed by atoms with Crippen molar-refractivity contribution in [2.24, 2.45) is 5.41 Å². The van der Waals surface area contributed by atoms with Crippen molar-refractivity contribution in [3.05, 3.63) is 93.2 Å². The fraction of sp³-hybridized carbons (Fsp3) is 0.280. The van der Waals surface area contributed by atoms with Crippen molar-refractivity contribution in [3.63, 3.8) is 0 Å². The van der Waals surface area contributed by atoms with Crippen LogP contribution in [0.25, 0.3) is 0 Å². The third-order valence-electron chi connectivity index (χ3n) is 7.14. The molecule has 2 aromatic carbocycles. The number of aromatic hydroxyl groups is 1. The van der Waals surface area contributed by atoms with Gasteiger partial charge in [-0.05, 0) is 36.1 Å². The van der Waals surface area contributed by atoms with Gasteiger partial charge in [0.2, 0.25) is 5.43 Å². The summed E-state index contributed by atoms with van der Waals surface area (Å²) in [4.78, 5) is 26.7. The van der Waals surface area contributed by atoms with Gasteiger partial charge in [0, 0.05) is 35.0 Å². The monoisotopic (exact) mass is 448 g/mol. The maximum Gasteiger partial charge on any atom is 0.224 e. The number of carbonyl (C=O) groups is 1. The lowest BCUT2D eigenvalue weighted by Crippen LogP contribution is -2.58. The highest BCUT2D eigenvalue weighted by Gasteiger charge is 2.52. The first kappa shape index (κ1) is 19.6. The van der Waals surface area contributed by atoms with Gasteiger partial charge < -0.3 is 5.11 Å². The van der Waals surface area contributed by atoms with E-state index in [1.54, 1.807) is 28.7 Å². The van der Waals surface area contributed by atoms with Crippen molar-refractivity contribution in [3.8, 4) is 5.75 Å². The van der Waals surface area contributed by atoms with Crippen LogP contribution in [0.5, 0.6) is 5.75 Å². The van der Waals surface area contributed by atoms with Crippen LogP contribution in [-0.4, -0.2) is 22.1 Å². The molecule has 1 fully saturated rings. The summed E-state index contributed by atoms with van der Waals surface area (Å²) < 4.78 is 16.6. The number of thioether (sulfide) groups is 1. The highest BCUT2D eigenvalue weighted by molar-refractivity contribution is 7.98. The smallest absolute Gasteiger partial charge is 0.224 e. The van der Waals surface area contributed by atoms with E-state index in [9.17, 15) is 19.1 Å². The predicted octanol–water partition coefficient (Wildman–Crippen LogP) is 4.39. The lowest BCUT2D eigenvalue weighted by molar-refractivity contribution is 0.0537. The maximum atomic E-state index is 14.9. The van der Waals surface area contributed by atoms with Crippen molar-refractivity contribution in [1.29, 1.82) is 0 Å². The van der Waals surface area contributed by atoms with Crippen molar-refractivity contribution >= 4 is 17.5 Å². The largest absolute Gasteiger partial charge is 0.503 e. The number of Topliss-reactive ketones (excluding diaryl/α,β-unsaturated/α-hetero) is 1. The van der Waals surface area contributed by atoms with Crippen LogP contribution in [0.2, 0.25) is 0 Å². The van der Waals surface area contributed by atoms with Crippen LogP contribution in [0.4, 0.5) is 4.39 Å². The minimum Gasteiger partial charge on any atom is -0.503 e. The fourth-order valence-electron chi connectivity index (χ4n) is 5.32. The van der Waals surface area contributed by atoms with E-state index in [0.29, 0.717) is 30.7 Å². The molecule has 2 aliphatic heterocycles. The molecule has 1 N–H and O–H groups in total. The third-order valence-corrected chi connectivity index (χ3v) is 8.25. The number of benzene rings is 2. The Kier molecular flexibility index (Phi) is 4.27. The van der Waals surface area contributed by atoms with Gasteiger partial charge in [-0.3, -0.25) is 19.3 Å². The van der Waals surface area contributed by atoms with Gasteiger partial charge >= 0.3 is 0 Å². The molecule has 32 heavy (non-hydrogen) atoms. The molecule has 0 saturated heterocycles. The van der Waals surface area contributed by atoms with Crippen LogP contribution in [-0.2, 0) is 5.75 Å². The Hall–Kier alpha value is -3.06. The molecule has 162 valence electrons. The standard InChI is InChI=1S/C25H21FN2O3S/c26-18-7-3-6-15-17(18)13-32-20-8-2-1-5-16(20)21(15)28-14-25(10-4-11-25)24(31)22-23(30)19(29)9-12-27(22)28/h1-3,5-9,12,21,30H,4,10-11,13-14H2. The Morgan fingerprint density at radius 3 is 2.59 bits per heavy atom. The molecule has 7 heteroatoms. The molecule has 6 rings (SSSR count).